The van der Waals surface area contributed by atoms with Crippen molar-refractivity contribution in [2.45, 2.75) is 52.5 Å². The number of hydrogen-bond acceptors (Lipinski definition) is 2. The zero-order chi connectivity index (χ0) is 14.6. The highest BCUT2D eigenvalue weighted by Crippen LogP contribution is 2.36. The Morgan fingerprint density at radius 2 is 2.00 bits per heavy atom. The van der Waals surface area contributed by atoms with Gasteiger partial charge in [0.05, 0.1) is 0 Å². The average molecular weight is 274 g/mol. The van der Waals surface area contributed by atoms with E-state index in [9.17, 15) is 4.79 Å². The van der Waals surface area contributed by atoms with Crippen molar-refractivity contribution in [1.82, 2.24) is 5.32 Å². The van der Waals surface area contributed by atoms with Crippen LogP contribution in [0, 0.1) is 5.41 Å². The summed E-state index contributed by atoms with van der Waals surface area (Å²) in [5, 5.41) is 6.41. The highest BCUT2D eigenvalue weighted by molar-refractivity contribution is 5.95. The van der Waals surface area contributed by atoms with Crippen LogP contribution in [0.2, 0.25) is 0 Å². The molecule has 110 valence electrons. The largest absolute Gasteiger partial charge is 0.382 e. The maximum Gasteiger partial charge on any atom is 0.251 e. The van der Waals surface area contributed by atoms with E-state index in [1.807, 2.05) is 31.2 Å². The van der Waals surface area contributed by atoms with E-state index in [0.717, 1.165) is 11.3 Å². The molecule has 2 N–H and O–H groups in total. The van der Waals surface area contributed by atoms with Crippen LogP contribution in [0.4, 0.5) is 5.69 Å². The summed E-state index contributed by atoms with van der Waals surface area (Å²) in [6, 6.07) is 8.33. The van der Waals surface area contributed by atoms with Crippen LogP contribution < -0.4 is 10.6 Å². The smallest absolute Gasteiger partial charge is 0.251 e. The Morgan fingerprint density at radius 3 is 2.65 bits per heavy atom. The Bertz CT molecular complexity index is 458. The molecule has 20 heavy (non-hydrogen) atoms. The first-order chi connectivity index (χ1) is 9.50. The van der Waals surface area contributed by atoms with Gasteiger partial charge in [0.2, 0.25) is 0 Å². The van der Waals surface area contributed by atoms with Crippen molar-refractivity contribution in [2.75, 3.05) is 11.9 Å². The third kappa shape index (κ3) is 3.99. The second kappa shape index (κ2) is 6.29. The summed E-state index contributed by atoms with van der Waals surface area (Å²) in [4.78, 5) is 11.8. The molecule has 3 heteroatoms. The molecule has 3 nitrogen and oxygen atoms in total. The predicted octanol–water partition coefficient (Wildman–Crippen LogP) is 3.82. The molecule has 1 aromatic rings. The molecular weight excluding hydrogens is 248 g/mol. The average Bonchev–Trinajstić information content (AvgIpc) is 2.42. The van der Waals surface area contributed by atoms with E-state index in [0.29, 0.717) is 18.0 Å². The number of nitrogens with one attached hydrogen (secondary N) is 2. The topological polar surface area (TPSA) is 41.1 Å². The molecule has 1 fully saturated rings. The number of carbonyl (C=O) groups is 1. The number of anilines is 1. The monoisotopic (exact) mass is 274 g/mol. The standard InChI is InChI=1S/C17H26N2O/c1-4-18-16(20)13-6-5-7-15(12-13)19-14-8-10-17(2,3)11-9-14/h5-7,12,14,19H,4,8-11H2,1-3H3,(H,18,20). The van der Waals surface area contributed by atoms with E-state index in [1.165, 1.54) is 25.7 Å². The fraction of sp³-hybridized carbons (Fsp3) is 0.588. The van der Waals surface area contributed by atoms with Gasteiger partial charge in [-0.2, -0.15) is 0 Å². The number of carbonyl (C=O) groups excluding carboxylic acids is 1. The van der Waals surface area contributed by atoms with Gasteiger partial charge in [-0.25, -0.2) is 0 Å². The van der Waals surface area contributed by atoms with Crippen molar-refractivity contribution in [1.29, 1.82) is 0 Å². The van der Waals surface area contributed by atoms with Crippen LogP contribution in [-0.2, 0) is 0 Å². The molecule has 0 spiro atoms. The van der Waals surface area contributed by atoms with Crippen LogP contribution in [0.25, 0.3) is 0 Å². The van der Waals surface area contributed by atoms with E-state index in [2.05, 4.69) is 24.5 Å². The van der Waals surface area contributed by atoms with Crippen LogP contribution >= 0.6 is 0 Å². The molecule has 0 saturated heterocycles. The highest BCUT2D eigenvalue weighted by Gasteiger charge is 2.26. The quantitative estimate of drug-likeness (QED) is 0.876. The Balaban J connectivity index is 1.96. The van der Waals surface area contributed by atoms with Crippen LogP contribution in [0.1, 0.15) is 56.8 Å². The first-order valence-electron chi connectivity index (χ1n) is 7.65. The first-order valence-corrected chi connectivity index (χ1v) is 7.65. The molecule has 0 radical (unpaired) electrons. The minimum atomic E-state index is 0.000859. The zero-order valence-electron chi connectivity index (χ0n) is 12.8. The minimum absolute atomic E-state index is 0.000859. The van der Waals surface area contributed by atoms with Crippen LogP contribution in [0.5, 0.6) is 0 Å². The molecule has 1 aliphatic rings. The van der Waals surface area contributed by atoms with E-state index in [1.54, 1.807) is 0 Å². The van der Waals surface area contributed by atoms with Gasteiger partial charge < -0.3 is 10.6 Å². The van der Waals surface area contributed by atoms with E-state index >= 15 is 0 Å². The van der Waals surface area contributed by atoms with Gasteiger partial charge in [-0.1, -0.05) is 19.9 Å². The third-order valence-corrected chi connectivity index (χ3v) is 4.17. The second-order valence-electron chi connectivity index (χ2n) is 6.52. The first kappa shape index (κ1) is 14.9. The van der Waals surface area contributed by atoms with Gasteiger partial charge in [0.15, 0.2) is 0 Å². The van der Waals surface area contributed by atoms with Crippen molar-refractivity contribution >= 4 is 11.6 Å². The van der Waals surface area contributed by atoms with Crippen molar-refractivity contribution in [3.05, 3.63) is 29.8 Å². The molecule has 1 amide bonds. The SMILES string of the molecule is CCNC(=O)c1cccc(NC2CCC(C)(C)CC2)c1. The van der Waals surface area contributed by atoms with E-state index in [4.69, 9.17) is 0 Å². The number of benzene rings is 1. The van der Waals surface area contributed by atoms with Crippen molar-refractivity contribution < 1.29 is 4.79 Å². The second-order valence-corrected chi connectivity index (χ2v) is 6.52. The lowest BCUT2D eigenvalue weighted by Crippen LogP contribution is -2.30. The Morgan fingerprint density at radius 1 is 1.30 bits per heavy atom. The molecule has 0 atom stereocenters. The summed E-state index contributed by atoms with van der Waals surface area (Å²) in [6.07, 6.45) is 4.94. The Hall–Kier alpha value is -1.51. The van der Waals surface area contributed by atoms with Crippen molar-refractivity contribution in [3.63, 3.8) is 0 Å². The van der Waals surface area contributed by atoms with Gasteiger partial charge in [-0.15, -0.1) is 0 Å². The molecule has 0 bridgehead atoms. The molecule has 1 aliphatic carbocycles. The summed E-state index contributed by atoms with van der Waals surface area (Å²) < 4.78 is 0. The van der Waals surface area contributed by atoms with Gasteiger partial charge in [0.1, 0.15) is 0 Å². The molecule has 1 saturated carbocycles. The fourth-order valence-electron chi connectivity index (χ4n) is 2.79. The molecular formula is C17H26N2O. The highest BCUT2D eigenvalue weighted by atomic mass is 16.1. The molecule has 0 aliphatic heterocycles. The summed E-state index contributed by atoms with van der Waals surface area (Å²) in [5.41, 5.74) is 2.27. The number of rotatable bonds is 4. The van der Waals surface area contributed by atoms with Gasteiger partial charge in [0.25, 0.3) is 5.91 Å². The molecule has 1 aromatic carbocycles. The predicted molar refractivity (Wildman–Crippen MR) is 84.1 cm³/mol. The summed E-state index contributed by atoms with van der Waals surface area (Å²) >= 11 is 0. The van der Waals surface area contributed by atoms with Crippen LogP contribution in [0.3, 0.4) is 0 Å². The summed E-state index contributed by atoms with van der Waals surface area (Å²) in [7, 11) is 0. The molecule has 2 rings (SSSR count). The Labute approximate surface area is 122 Å². The van der Waals surface area contributed by atoms with Gasteiger partial charge >= 0.3 is 0 Å². The Kier molecular flexibility index (Phi) is 4.69. The van der Waals surface area contributed by atoms with Crippen molar-refractivity contribution in [2.24, 2.45) is 5.41 Å². The van der Waals surface area contributed by atoms with Gasteiger partial charge in [-0.05, 0) is 56.2 Å². The normalized spacial score (nSPS) is 18.6. The van der Waals surface area contributed by atoms with Gasteiger partial charge in [0, 0.05) is 23.8 Å². The molecule has 0 aromatic heterocycles. The third-order valence-electron chi connectivity index (χ3n) is 4.17. The molecule has 0 unspecified atom stereocenters. The van der Waals surface area contributed by atoms with Crippen LogP contribution in [0.15, 0.2) is 24.3 Å². The fourth-order valence-corrected chi connectivity index (χ4v) is 2.79. The van der Waals surface area contributed by atoms with Gasteiger partial charge in [-0.3, -0.25) is 4.79 Å². The van der Waals surface area contributed by atoms with Crippen molar-refractivity contribution in [3.8, 4) is 0 Å². The zero-order valence-corrected chi connectivity index (χ0v) is 12.8. The lowest BCUT2D eigenvalue weighted by Gasteiger charge is -2.35. The maximum absolute atomic E-state index is 11.8. The van der Waals surface area contributed by atoms with E-state index in [-0.39, 0.29) is 5.91 Å². The van der Waals surface area contributed by atoms with Crippen LogP contribution in [-0.4, -0.2) is 18.5 Å². The molecule has 0 heterocycles. The maximum atomic E-state index is 11.8. The lowest BCUT2D eigenvalue weighted by atomic mass is 9.75. The number of hydrogen-bond donors (Lipinski definition) is 2. The van der Waals surface area contributed by atoms with E-state index < -0.39 is 0 Å². The lowest BCUT2D eigenvalue weighted by molar-refractivity contribution is 0.0956. The number of amides is 1. The summed E-state index contributed by atoms with van der Waals surface area (Å²) in [5.74, 6) is 0.000859. The summed E-state index contributed by atoms with van der Waals surface area (Å²) in [6.45, 7) is 7.29. The minimum Gasteiger partial charge on any atom is -0.382 e.